The number of hydrogen-bond donors (Lipinski definition) is 1. The highest BCUT2D eigenvalue weighted by Gasteiger charge is 2.29. The standard InChI is InChI=1S/C24H29N3O4S/c1-26(20-8-3-2-4-9-20)32(30,31)22-14-12-18(13-15-22)24(29)25-19-7-5-10-21(17-19)27-16-6-11-23(27)28/h5,7,10,12-15,17,20H,2-4,6,8-9,11,16H2,1H3,(H,25,29). The molecule has 1 heterocycles. The third kappa shape index (κ3) is 4.71. The number of hydrogen-bond acceptors (Lipinski definition) is 4. The van der Waals surface area contributed by atoms with Gasteiger partial charge in [-0.15, -0.1) is 0 Å². The first-order valence-electron chi connectivity index (χ1n) is 11.2. The van der Waals surface area contributed by atoms with Gasteiger partial charge in [-0.2, -0.15) is 4.31 Å². The Morgan fingerprint density at radius 2 is 1.75 bits per heavy atom. The van der Waals surface area contributed by atoms with Gasteiger partial charge in [0.2, 0.25) is 15.9 Å². The molecule has 1 aliphatic heterocycles. The number of carbonyl (C=O) groups excluding carboxylic acids is 2. The Kier molecular flexibility index (Phi) is 6.62. The lowest BCUT2D eigenvalue weighted by atomic mass is 9.96. The maximum Gasteiger partial charge on any atom is 0.255 e. The van der Waals surface area contributed by atoms with Crippen LogP contribution in [0.25, 0.3) is 0 Å². The summed E-state index contributed by atoms with van der Waals surface area (Å²) >= 11 is 0. The van der Waals surface area contributed by atoms with E-state index in [0.717, 1.165) is 44.2 Å². The summed E-state index contributed by atoms with van der Waals surface area (Å²) in [5.74, 6) is -0.247. The first kappa shape index (κ1) is 22.5. The third-order valence-electron chi connectivity index (χ3n) is 6.37. The predicted octanol–water partition coefficient (Wildman–Crippen LogP) is 4.02. The third-order valence-corrected chi connectivity index (χ3v) is 8.30. The number of carbonyl (C=O) groups is 2. The number of benzene rings is 2. The van der Waals surface area contributed by atoms with E-state index < -0.39 is 10.0 Å². The Bertz CT molecular complexity index is 1090. The smallest absolute Gasteiger partial charge is 0.255 e. The molecule has 32 heavy (non-hydrogen) atoms. The highest BCUT2D eigenvalue weighted by atomic mass is 32.2. The molecular weight excluding hydrogens is 426 g/mol. The average molecular weight is 456 g/mol. The van der Waals surface area contributed by atoms with Crippen LogP contribution >= 0.6 is 0 Å². The minimum absolute atomic E-state index is 0.0338. The van der Waals surface area contributed by atoms with Gasteiger partial charge in [-0.25, -0.2) is 8.42 Å². The molecule has 2 fully saturated rings. The van der Waals surface area contributed by atoms with Crippen LogP contribution in [0, 0.1) is 0 Å². The second-order valence-corrected chi connectivity index (χ2v) is 10.5. The van der Waals surface area contributed by atoms with Crippen molar-refractivity contribution in [2.24, 2.45) is 0 Å². The van der Waals surface area contributed by atoms with E-state index in [1.54, 1.807) is 30.1 Å². The van der Waals surface area contributed by atoms with Crippen molar-refractivity contribution in [1.82, 2.24) is 4.31 Å². The first-order chi connectivity index (χ1) is 15.4. The molecule has 0 unspecified atom stereocenters. The normalized spacial score (nSPS) is 17.7. The summed E-state index contributed by atoms with van der Waals surface area (Å²) in [7, 11) is -1.95. The fourth-order valence-electron chi connectivity index (χ4n) is 4.46. The SMILES string of the molecule is CN(C1CCCCC1)S(=O)(=O)c1ccc(C(=O)Nc2cccc(N3CCCC3=O)c2)cc1. The van der Waals surface area contributed by atoms with Crippen LogP contribution in [0.5, 0.6) is 0 Å². The van der Waals surface area contributed by atoms with Crippen LogP contribution in [-0.4, -0.2) is 44.2 Å². The van der Waals surface area contributed by atoms with E-state index in [-0.39, 0.29) is 22.8 Å². The molecule has 1 saturated carbocycles. The number of anilines is 2. The van der Waals surface area contributed by atoms with E-state index in [1.165, 1.54) is 28.6 Å². The van der Waals surface area contributed by atoms with Gasteiger partial charge in [0.25, 0.3) is 5.91 Å². The lowest BCUT2D eigenvalue weighted by Gasteiger charge is -2.30. The van der Waals surface area contributed by atoms with E-state index in [4.69, 9.17) is 0 Å². The van der Waals surface area contributed by atoms with Crippen LogP contribution in [-0.2, 0) is 14.8 Å². The second-order valence-electron chi connectivity index (χ2n) is 8.49. The Morgan fingerprint density at radius 3 is 2.41 bits per heavy atom. The molecule has 2 aromatic rings. The molecule has 4 rings (SSSR count). The molecule has 8 heteroatoms. The van der Waals surface area contributed by atoms with Gasteiger partial charge in [-0.3, -0.25) is 9.59 Å². The average Bonchev–Trinajstić information content (AvgIpc) is 3.25. The molecule has 1 saturated heterocycles. The van der Waals surface area contributed by atoms with Gasteiger partial charge < -0.3 is 10.2 Å². The summed E-state index contributed by atoms with van der Waals surface area (Å²) in [6.07, 6.45) is 6.41. The first-order valence-corrected chi connectivity index (χ1v) is 12.6. The van der Waals surface area contributed by atoms with Crippen LogP contribution in [0.15, 0.2) is 53.4 Å². The van der Waals surface area contributed by atoms with Crippen LogP contribution < -0.4 is 10.2 Å². The van der Waals surface area contributed by atoms with Crippen molar-refractivity contribution in [3.05, 3.63) is 54.1 Å². The fraction of sp³-hybridized carbons (Fsp3) is 0.417. The number of amides is 2. The summed E-state index contributed by atoms with van der Waals surface area (Å²) in [5, 5.41) is 2.83. The maximum atomic E-state index is 13.0. The van der Waals surface area contributed by atoms with E-state index in [2.05, 4.69) is 5.32 Å². The van der Waals surface area contributed by atoms with Gasteiger partial charge in [0.1, 0.15) is 0 Å². The van der Waals surface area contributed by atoms with Gasteiger partial charge in [0.05, 0.1) is 4.90 Å². The number of sulfonamides is 1. The maximum absolute atomic E-state index is 13.0. The van der Waals surface area contributed by atoms with E-state index >= 15 is 0 Å². The van der Waals surface area contributed by atoms with Crippen molar-refractivity contribution in [3.8, 4) is 0 Å². The predicted molar refractivity (Wildman–Crippen MR) is 124 cm³/mol. The number of nitrogens with one attached hydrogen (secondary N) is 1. The van der Waals surface area contributed by atoms with Crippen LogP contribution in [0.3, 0.4) is 0 Å². The molecule has 7 nitrogen and oxygen atoms in total. The lowest BCUT2D eigenvalue weighted by Crippen LogP contribution is -2.38. The Hall–Kier alpha value is -2.71. The van der Waals surface area contributed by atoms with Gasteiger partial charge in [-0.05, 0) is 61.7 Å². The zero-order chi connectivity index (χ0) is 22.7. The molecule has 0 radical (unpaired) electrons. The largest absolute Gasteiger partial charge is 0.322 e. The van der Waals surface area contributed by atoms with Gasteiger partial charge in [0.15, 0.2) is 0 Å². The summed E-state index contributed by atoms with van der Waals surface area (Å²) in [6.45, 7) is 0.682. The van der Waals surface area contributed by atoms with Crippen molar-refractivity contribution < 1.29 is 18.0 Å². The molecule has 0 atom stereocenters. The summed E-state index contributed by atoms with van der Waals surface area (Å²) in [5.41, 5.74) is 1.71. The van der Waals surface area contributed by atoms with Crippen LogP contribution in [0.2, 0.25) is 0 Å². The zero-order valence-electron chi connectivity index (χ0n) is 18.3. The molecule has 170 valence electrons. The molecule has 2 aliphatic rings. The number of nitrogens with zero attached hydrogens (tertiary/aromatic N) is 2. The Balaban J connectivity index is 1.45. The highest BCUT2D eigenvalue weighted by Crippen LogP contribution is 2.27. The summed E-state index contributed by atoms with van der Waals surface area (Å²) in [4.78, 5) is 26.6. The Labute approximate surface area is 189 Å². The second kappa shape index (κ2) is 9.42. The summed E-state index contributed by atoms with van der Waals surface area (Å²) in [6, 6.07) is 13.3. The molecular formula is C24H29N3O4S. The fourth-order valence-corrected chi connectivity index (χ4v) is 5.88. The van der Waals surface area contributed by atoms with Gasteiger partial charge in [0, 0.05) is 43.0 Å². The topological polar surface area (TPSA) is 86.8 Å². The monoisotopic (exact) mass is 455 g/mol. The van der Waals surface area contributed by atoms with Crippen LogP contribution in [0.4, 0.5) is 11.4 Å². The van der Waals surface area contributed by atoms with E-state index in [9.17, 15) is 18.0 Å². The van der Waals surface area contributed by atoms with Gasteiger partial charge >= 0.3 is 0 Å². The minimum Gasteiger partial charge on any atom is -0.322 e. The summed E-state index contributed by atoms with van der Waals surface area (Å²) < 4.78 is 27.5. The van der Waals surface area contributed by atoms with E-state index in [0.29, 0.717) is 24.2 Å². The molecule has 1 N–H and O–H groups in total. The van der Waals surface area contributed by atoms with E-state index in [1.807, 2.05) is 6.07 Å². The molecule has 1 aliphatic carbocycles. The molecule has 2 amide bonds. The van der Waals surface area contributed by atoms with Crippen molar-refractivity contribution in [1.29, 1.82) is 0 Å². The lowest BCUT2D eigenvalue weighted by molar-refractivity contribution is -0.117. The molecule has 0 bridgehead atoms. The van der Waals surface area contributed by atoms with Crippen LogP contribution in [0.1, 0.15) is 55.3 Å². The molecule has 0 aromatic heterocycles. The van der Waals surface area contributed by atoms with Crippen molar-refractivity contribution in [2.75, 3.05) is 23.8 Å². The zero-order valence-corrected chi connectivity index (χ0v) is 19.1. The minimum atomic E-state index is -3.60. The molecule has 0 spiro atoms. The van der Waals surface area contributed by atoms with Crippen molar-refractivity contribution >= 4 is 33.2 Å². The quantitative estimate of drug-likeness (QED) is 0.713. The van der Waals surface area contributed by atoms with Crippen molar-refractivity contribution in [3.63, 3.8) is 0 Å². The number of rotatable bonds is 6. The van der Waals surface area contributed by atoms with Crippen molar-refractivity contribution in [2.45, 2.75) is 55.9 Å². The Morgan fingerprint density at radius 1 is 1.03 bits per heavy atom. The van der Waals surface area contributed by atoms with Gasteiger partial charge in [-0.1, -0.05) is 25.3 Å². The molecule has 2 aromatic carbocycles. The highest BCUT2D eigenvalue weighted by molar-refractivity contribution is 7.89.